The molecule has 2 aromatic rings. The number of likely N-dealkylation sites (N-methyl/N-ethyl adjacent to an activating group) is 1. The van der Waals surface area contributed by atoms with Crippen molar-refractivity contribution < 1.29 is 14.3 Å². The number of hydrogen-bond acceptors (Lipinski definition) is 7. The topological polar surface area (TPSA) is 99.8 Å². The van der Waals surface area contributed by atoms with Crippen molar-refractivity contribution in [3.63, 3.8) is 0 Å². The minimum atomic E-state index is -0.188. The van der Waals surface area contributed by atoms with Crippen LogP contribution in [0.15, 0.2) is 29.1 Å². The van der Waals surface area contributed by atoms with E-state index in [1.807, 2.05) is 55.1 Å². The van der Waals surface area contributed by atoms with Gasteiger partial charge in [0.1, 0.15) is 5.75 Å². The maximum atomic E-state index is 12.6. The van der Waals surface area contributed by atoms with Gasteiger partial charge in [-0.05, 0) is 33.5 Å². The highest BCUT2D eigenvalue weighted by Gasteiger charge is 2.20. The van der Waals surface area contributed by atoms with Crippen LogP contribution in [0.5, 0.6) is 5.75 Å². The van der Waals surface area contributed by atoms with Gasteiger partial charge in [-0.15, -0.1) is 0 Å². The highest BCUT2D eigenvalue weighted by molar-refractivity contribution is 5.76. The summed E-state index contributed by atoms with van der Waals surface area (Å²) in [6.45, 7) is 4.89. The van der Waals surface area contributed by atoms with Crippen LogP contribution in [0.1, 0.15) is 29.3 Å². The Morgan fingerprint density at radius 3 is 2.69 bits per heavy atom. The van der Waals surface area contributed by atoms with Gasteiger partial charge >= 0.3 is 0 Å². The van der Waals surface area contributed by atoms with Gasteiger partial charge in [0.05, 0.1) is 26.4 Å². The third-order valence-corrected chi connectivity index (χ3v) is 5.74. The number of carbonyl (C=O) groups excluding carboxylic acids is 1. The molecule has 1 saturated heterocycles. The number of aryl methyl sites for hydroxylation is 1. The molecule has 9 nitrogen and oxygen atoms in total. The van der Waals surface area contributed by atoms with Crippen molar-refractivity contribution >= 4 is 11.9 Å². The summed E-state index contributed by atoms with van der Waals surface area (Å²) in [5.41, 5.74) is 2.02. The van der Waals surface area contributed by atoms with E-state index in [-0.39, 0.29) is 23.9 Å². The Balaban J connectivity index is 1.60. The van der Waals surface area contributed by atoms with Crippen LogP contribution < -0.4 is 20.5 Å². The lowest BCUT2D eigenvalue weighted by molar-refractivity contribution is -0.121. The highest BCUT2D eigenvalue weighted by atomic mass is 16.5. The summed E-state index contributed by atoms with van der Waals surface area (Å²) in [6, 6.07) is 7.76. The third-order valence-electron chi connectivity index (χ3n) is 5.74. The molecule has 0 bridgehead atoms. The number of carbonyl (C=O) groups is 1. The van der Waals surface area contributed by atoms with E-state index < -0.39 is 0 Å². The summed E-state index contributed by atoms with van der Waals surface area (Å²) in [7, 11) is 5.57. The van der Waals surface area contributed by atoms with Crippen molar-refractivity contribution in [3.8, 4) is 5.75 Å². The Bertz CT molecular complexity index is 969. The molecule has 2 N–H and O–H groups in total. The number of benzene rings is 1. The van der Waals surface area contributed by atoms with Gasteiger partial charge in [-0.3, -0.25) is 14.6 Å². The molecular weight excluding hydrogens is 410 g/mol. The van der Waals surface area contributed by atoms with E-state index in [1.54, 1.807) is 7.11 Å². The number of para-hydroxylation sites is 1. The molecule has 1 amide bonds. The second kappa shape index (κ2) is 11.1. The number of amides is 1. The van der Waals surface area contributed by atoms with E-state index >= 15 is 0 Å². The number of rotatable bonds is 9. The summed E-state index contributed by atoms with van der Waals surface area (Å²) >= 11 is 0. The first-order chi connectivity index (χ1) is 15.4. The lowest BCUT2D eigenvalue weighted by Gasteiger charge is -2.27. The molecule has 174 valence electrons. The maximum Gasteiger partial charge on any atom is 0.255 e. The van der Waals surface area contributed by atoms with E-state index in [9.17, 15) is 9.59 Å². The van der Waals surface area contributed by atoms with Crippen molar-refractivity contribution in [2.45, 2.75) is 25.8 Å². The summed E-state index contributed by atoms with van der Waals surface area (Å²) in [5, 5.41) is 3.00. The fourth-order valence-electron chi connectivity index (χ4n) is 3.86. The van der Waals surface area contributed by atoms with Gasteiger partial charge in [0.15, 0.2) is 0 Å². The van der Waals surface area contributed by atoms with E-state index in [1.165, 1.54) is 0 Å². The van der Waals surface area contributed by atoms with Gasteiger partial charge in [0.25, 0.3) is 5.56 Å². The lowest BCUT2D eigenvalue weighted by atomic mass is 10.0. The van der Waals surface area contributed by atoms with Crippen LogP contribution >= 0.6 is 0 Å². The van der Waals surface area contributed by atoms with Crippen molar-refractivity contribution in [2.24, 2.45) is 0 Å². The van der Waals surface area contributed by atoms with Crippen LogP contribution in [0.2, 0.25) is 0 Å². The quantitative estimate of drug-likeness (QED) is 0.602. The van der Waals surface area contributed by atoms with Crippen LogP contribution in [0.4, 0.5) is 5.95 Å². The zero-order chi connectivity index (χ0) is 23.1. The number of anilines is 1. The largest absolute Gasteiger partial charge is 0.496 e. The van der Waals surface area contributed by atoms with Gasteiger partial charge in [-0.1, -0.05) is 18.2 Å². The van der Waals surface area contributed by atoms with Crippen molar-refractivity contribution in [2.75, 3.05) is 59.0 Å². The Morgan fingerprint density at radius 1 is 1.31 bits per heavy atom. The predicted molar refractivity (Wildman–Crippen MR) is 123 cm³/mol. The molecule has 32 heavy (non-hydrogen) atoms. The molecule has 1 atom stereocenters. The van der Waals surface area contributed by atoms with Gasteiger partial charge in [-0.25, -0.2) is 4.98 Å². The molecule has 1 aliphatic rings. The SMILES string of the molecule is COc1ccccc1C(CNC(=O)CCc1c(C)nc(N2CCOCC2)[nH]c1=O)N(C)C. The molecule has 2 heterocycles. The number of aromatic nitrogens is 2. The third kappa shape index (κ3) is 5.86. The van der Waals surface area contributed by atoms with Gasteiger partial charge in [-0.2, -0.15) is 0 Å². The minimum Gasteiger partial charge on any atom is -0.496 e. The molecule has 1 unspecified atom stereocenters. The molecule has 1 fully saturated rings. The number of methoxy groups -OCH3 is 1. The molecular formula is C23H33N5O4. The first-order valence-electron chi connectivity index (χ1n) is 10.9. The van der Waals surface area contributed by atoms with E-state index in [0.29, 0.717) is 56.5 Å². The second-order valence-corrected chi connectivity index (χ2v) is 8.08. The zero-order valence-corrected chi connectivity index (χ0v) is 19.3. The number of ether oxygens (including phenoxy) is 2. The number of hydrogen-bond donors (Lipinski definition) is 2. The molecule has 1 aliphatic heterocycles. The summed E-state index contributed by atoms with van der Waals surface area (Å²) in [6.07, 6.45) is 0.555. The smallest absolute Gasteiger partial charge is 0.255 e. The standard InChI is InChI=1S/C23H33N5O4/c1-16-17(22(30)26-23(25-16)28-11-13-32-14-12-28)9-10-21(29)24-15-19(27(2)3)18-7-5-6-8-20(18)31-4/h5-8,19H,9-15H2,1-4H3,(H,24,29)(H,25,26,30). The van der Waals surface area contributed by atoms with E-state index in [4.69, 9.17) is 9.47 Å². The van der Waals surface area contributed by atoms with Gasteiger partial charge in [0.2, 0.25) is 11.9 Å². The molecule has 1 aromatic heterocycles. The molecule has 0 radical (unpaired) electrons. The van der Waals surface area contributed by atoms with Crippen LogP contribution in [-0.4, -0.2) is 74.8 Å². The first kappa shape index (κ1) is 23.7. The lowest BCUT2D eigenvalue weighted by Crippen LogP contribution is -2.39. The molecule has 3 rings (SSSR count). The Labute approximate surface area is 188 Å². The fourth-order valence-corrected chi connectivity index (χ4v) is 3.86. The van der Waals surface area contributed by atoms with Crippen LogP contribution in [0, 0.1) is 6.92 Å². The van der Waals surface area contributed by atoms with Crippen LogP contribution in [-0.2, 0) is 16.0 Å². The molecule has 0 aliphatic carbocycles. The Kier molecular flexibility index (Phi) is 8.24. The molecule has 0 saturated carbocycles. The maximum absolute atomic E-state index is 12.6. The number of H-pyrrole nitrogens is 1. The fraction of sp³-hybridized carbons (Fsp3) is 0.522. The highest BCUT2D eigenvalue weighted by Crippen LogP contribution is 2.27. The number of nitrogens with zero attached hydrogens (tertiary/aromatic N) is 3. The van der Waals surface area contributed by atoms with Crippen molar-refractivity contribution in [3.05, 3.63) is 51.4 Å². The summed E-state index contributed by atoms with van der Waals surface area (Å²) < 4.78 is 10.8. The molecule has 0 spiro atoms. The Morgan fingerprint density at radius 2 is 2.03 bits per heavy atom. The molecule has 9 heteroatoms. The van der Waals surface area contributed by atoms with Crippen LogP contribution in [0.3, 0.4) is 0 Å². The average molecular weight is 444 g/mol. The Hall–Kier alpha value is -2.91. The van der Waals surface area contributed by atoms with Gasteiger partial charge < -0.3 is 24.6 Å². The molecule has 1 aromatic carbocycles. The minimum absolute atomic E-state index is 0.0327. The monoisotopic (exact) mass is 443 g/mol. The average Bonchev–Trinajstić information content (AvgIpc) is 2.79. The van der Waals surface area contributed by atoms with Crippen LogP contribution in [0.25, 0.3) is 0 Å². The number of morpholine rings is 1. The zero-order valence-electron chi connectivity index (χ0n) is 19.3. The summed E-state index contributed by atoms with van der Waals surface area (Å²) in [4.78, 5) is 36.6. The van der Waals surface area contributed by atoms with E-state index in [2.05, 4.69) is 15.3 Å². The van der Waals surface area contributed by atoms with E-state index in [0.717, 1.165) is 11.3 Å². The van der Waals surface area contributed by atoms with Crippen molar-refractivity contribution in [1.82, 2.24) is 20.2 Å². The second-order valence-electron chi connectivity index (χ2n) is 8.08. The number of nitrogens with one attached hydrogen (secondary N) is 2. The normalized spacial score (nSPS) is 15.0. The summed E-state index contributed by atoms with van der Waals surface area (Å²) in [5.74, 6) is 1.24. The van der Waals surface area contributed by atoms with Gasteiger partial charge in [0, 0.05) is 42.9 Å². The van der Waals surface area contributed by atoms with Crippen molar-refractivity contribution in [1.29, 1.82) is 0 Å². The predicted octanol–water partition coefficient (Wildman–Crippen LogP) is 1.28. The number of aromatic amines is 1. The first-order valence-corrected chi connectivity index (χ1v) is 10.9.